The molecule has 3 aromatic carbocycles. The summed E-state index contributed by atoms with van der Waals surface area (Å²) in [5.41, 5.74) is 4.36. The maximum absolute atomic E-state index is 13.1. The molecule has 7 nitrogen and oxygen atoms in total. The predicted molar refractivity (Wildman–Crippen MR) is 152 cm³/mol. The highest BCUT2D eigenvalue weighted by molar-refractivity contribution is 8.26. The second kappa shape index (κ2) is 12.1. The maximum Gasteiger partial charge on any atom is 0.338 e. The van der Waals surface area contributed by atoms with Crippen molar-refractivity contribution in [3.05, 3.63) is 91.8 Å². The van der Waals surface area contributed by atoms with Gasteiger partial charge in [-0.3, -0.25) is 4.79 Å². The van der Waals surface area contributed by atoms with Gasteiger partial charge in [0.15, 0.2) is 15.8 Å². The van der Waals surface area contributed by atoms with Gasteiger partial charge >= 0.3 is 6.03 Å². The highest BCUT2D eigenvalue weighted by atomic mass is 35.5. The monoisotopic (exact) mass is 593 g/mol. The predicted octanol–water partition coefficient (Wildman–Crippen LogP) is 7.17. The molecule has 1 fully saturated rings. The Morgan fingerprint density at radius 2 is 1.84 bits per heavy atom. The van der Waals surface area contributed by atoms with Gasteiger partial charge in [-0.2, -0.15) is 5.01 Å². The number of rotatable bonds is 7. The number of hydrogen-bond donors (Lipinski definition) is 2. The van der Waals surface area contributed by atoms with Gasteiger partial charge in [-0.15, -0.1) is 0 Å². The summed E-state index contributed by atoms with van der Waals surface area (Å²) in [6, 6.07) is 16.5. The van der Waals surface area contributed by atoms with E-state index in [1.54, 1.807) is 48.5 Å². The smallest absolute Gasteiger partial charge is 0.338 e. The first-order valence-electron chi connectivity index (χ1n) is 10.6. The molecule has 0 unspecified atom stereocenters. The van der Waals surface area contributed by atoms with E-state index in [4.69, 9.17) is 56.5 Å². The lowest BCUT2D eigenvalue weighted by Gasteiger charge is -2.16. The third-order valence-corrected chi connectivity index (χ3v) is 7.29. The molecule has 0 spiro atoms. The van der Waals surface area contributed by atoms with Crippen molar-refractivity contribution in [3.8, 4) is 11.5 Å². The Kier molecular flexibility index (Phi) is 8.83. The van der Waals surface area contributed by atoms with Gasteiger partial charge in [-0.25, -0.2) is 10.2 Å². The summed E-state index contributed by atoms with van der Waals surface area (Å²) in [7, 11) is 1.53. The van der Waals surface area contributed by atoms with E-state index < -0.39 is 11.9 Å². The highest BCUT2D eigenvalue weighted by Gasteiger charge is 2.34. The largest absolute Gasteiger partial charge is 0.493 e. The standard InChI is InChI=1S/C25H18Cl3N3O4S2/c1-34-20-4-2-3-15(22(20)35-13-14-5-7-16(26)8-6-14)11-21-23(32)31(25(36)37-21)30-24(33)29-17-9-10-18(27)19(28)12-17/h2-12H,13H2,1H3,(H2,29,30,33)/b21-11+. The molecule has 1 heterocycles. The number of hydrazine groups is 1. The number of hydrogen-bond acceptors (Lipinski definition) is 6. The average molecular weight is 595 g/mol. The summed E-state index contributed by atoms with van der Waals surface area (Å²) in [5, 5.41) is 4.83. The van der Waals surface area contributed by atoms with Gasteiger partial charge in [-0.1, -0.05) is 70.8 Å². The number of carbonyl (C=O) groups excluding carboxylic acids is 2. The van der Waals surface area contributed by atoms with Crippen molar-refractivity contribution in [2.24, 2.45) is 0 Å². The second-order valence-electron chi connectivity index (χ2n) is 7.51. The average Bonchev–Trinajstić information content (AvgIpc) is 3.13. The van der Waals surface area contributed by atoms with Crippen LogP contribution in [0.4, 0.5) is 10.5 Å². The van der Waals surface area contributed by atoms with Gasteiger partial charge in [0.1, 0.15) is 6.61 Å². The van der Waals surface area contributed by atoms with E-state index in [-0.39, 0.29) is 16.0 Å². The number of carbonyl (C=O) groups is 2. The number of nitrogens with zero attached hydrogens (tertiary/aromatic N) is 1. The van der Waals surface area contributed by atoms with Crippen LogP contribution in [0.3, 0.4) is 0 Å². The summed E-state index contributed by atoms with van der Waals surface area (Å²) >= 11 is 24.2. The minimum atomic E-state index is -0.677. The lowest BCUT2D eigenvalue weighted by molar-refractivity contribution is -0.123. The van der Waals surface area contributed by atoms with Crippen molar-refractivity contribution in [1.29, 1.82) is 0 Å². The van der Waals surface area contributed by atoms with Crippen molar-refractivity contribution in [2.75, 3.05) is 12.4 Å². The highest BCUT2D eigenvalue weighted by Crippen LogP contribution is 2.37. The third kappa shape index (κ3) is 6.68. The number of anilines is 1. The lowest BCUT2D eigenvalue weighted by atomic mass is 10.1. The molecule has 12 heteroatoms. The normalized spacial score (nSPS) is 14.2. The SMILES string of the molecule is COc1cccc(/C=C2/SC(=S)N(NC(=O)Nc3ccc(Cl)c(Cl)c3)C2=O)c1OCc1ccc(Cl)cc1. The topological polar surface area (TPSA) is 79.9 Å². The summed E-state index contributed by atoms with van der Waals surface area (Å²) in [4.78, 5) is 25.8. The van der Waals surface area contributed by atoms with E-state index in [2.05, 4.69) is 10.7 Å². The molecule has 0 aliphatic carbocycles. The number of thioether (sulfide) groups is 1. The molecule has 1 aliphatic heterocycles. The number of urea groups is 1. The Morgan fingerprint density at radius 3 is 2.54 bits per heavy atom. The number of para-hydroxylation sites is 1. The van der Waals surface area contributed by atoms with Crippen molar-refractivity contribution >= 4 is 86.8 Å². The molecule has 1 aliphatic rings. The van der Waals surface area contributed by atoms with E-state index in [1.165, 1.54) is 13.2 Å². The number of benzene rings is 3. The van der Waals surface area contributed by atoms with Crippen molar-refractivity contribution in [3.63, 3.8) is 0 Å². The fourth-order valence-corrected chi connectivity index (χ4v) is 4.83. The zero-order valence-electron chi connectivity index (χ0n) is 19.1. The van der Waals surface area contributed by atoms with Crippen molar-refractivity contribution in [2.45, 2.75) is 6.61 Å². The maximum atomic E-state index is 13.1. The van der Waals surface area contributed by atoms with Crippen molar-refractivity contribution < 1.29 is 19.1 Å². The molecule has 0 radical (unpaired) electrons. The zero-order chi connectivity index (χ0) is 26.5. The van der Waals surface area contributed by atoms with Crippen LogP contribution in [0.25, 0.3) is 6.08 Å². The number of amides is 3. The molecule has 0 atom stereocenters. The Labute approximate surface area is 237 Å². The minimum absolute atomic E-state index is 0.159. The van der Waals surface area contributed by atoms with Crippen LogP contribution in [-0.4, -0.2) is 28.4 Å². The Morgan fingerprint density at radius 1 is 1.08 bits per heavy atom. The van der Waals surface area contributed by atoms with Crippen LogP contribution in [-0.2, 0) is 11.4 Å². The molecule has 0 bridgehead atoms. The van der Waals surface area contributed by atoms with Gasteiger partial charge < -0.3 is 14.8 Å². The van der Waals surface area contributed by atoms with Gasteiger partial charge in [0.05, 0.1) is 22.1 Å². The van der Waals surface area contributed by atoms with E-state index in [0.29, 0.717) is 37.7 Å². The molecule has 4 rings (SSSR count). The van der Waals surface area contributed by atoms with Gasteiger partial charge in [0.2, 0.25) is 0 Å². The third-order valence-electron chi connectivity index (χ3n) is 5.00. The van der Waals surface area contributed by atoms with Crippen LogP contribution in [0.15, 0.2) is 65.6 Å². The first-order valence-corrected chi connectivity index (χ1v) is 13.0. The fraction of sp³-hybridized carbons (Fsp3) is 0.0800. The van der Waals surface area contributed by atoms with Gasteiger partial charge in [0.25, 0.3) is 5.91 Å². The van der Waals surface area contributed by atoms with Crippen LogP contribution in [0, 0.1) is 0 Å². The van der Waals surface area contributed by atoms with E-state index in [9.17, 15) is 9.59 Å². The zero-order valence-corrected chi connectivity index (χ0v) is 23.0. The van der Waals surface area contributed by atoms with E-state index in [0.717, 1.165) is 22.3 Å². The number of nitrogens with one attached hydrogen (secondary N) is 2. The molecule has 37 heavy (non-hydrogen) atoms. The molecular formula is C25H18Cl3N3O4S2. The van der Waals surface area contributed by atoms with E-state index >= 15 is 0 Å². The van der Waals surface area contributed by atoms with Crippen molar-refractivity contribution in [1.82, 2.24) is 10.4 Å². The molecule has 0 aromatic heterocycles. The van der Waals surface area contributed by atoms with Crippen LogP contribution < -0.4 is 20.2 Å². The van der Waals surface area contributed by atoms with Gasteiger partial charge in [-0.05, 0) is 60.3 Å². The quantitative estimate of drug-likeness (QED) is 0.223. The molecule has 190 valence electrons. The van der Waals surface area contributed by atoms with Gasteiger partial charge in [0, 0.05) is 16.3 Å². The van der Waals surface area contributed by atoms with Crippen LogP contribution in [0.1, 0.15) is 11.1 Å². The fourth-order valence-electron chi connectivity index (χ4n) is 3.24. The molecule has 0 saturated carbocycles. The number of thiocarbonyl (C=S) groups is 1. The molecule has 3 aromatic rings. The Balaban J connectivity index is 1.50. The molecular weight excluding hydrogens is 577 g/mol. The summed E-state index contributed by atoms with van der Waals surface area (Å²) < 4.78 is 11.7. The van der Waals surface area contributed by atoms with Crippen LogP contribution in [0.2, 0.25) is 15.1 Å². The number of ether oxygens (including phenoxy) is 2. The minimum Gasteiger partial charge on any atom is -0.493 e. The second-order valence-corrected chi connectivity index (χ2v) is 10.4. The Hall–Kier alpha value is -2.95. The lowest BCUT2D eigenvalue weighted by Crippen LogP contribution is -2.46. The first-order chi connectivity index (χ1) is 17.7. The summed E-state index contributed by atoms with van der Waals surface area (Å²) in [5.74, 6) is 0.457. The molecule has 1 saturated heterocycles. The number of halogens is 3. The molecule has 2 N–H and O–H groups in total. The van der Waals surface area contributed by atoms with Crippen LogP contribution >= 0.6 is 58.8 Å². The summed E-state index contributed by atoms with van der Waals surface area (Å²) in [6.07, 6.45) is 1.64. The number of methoxy groups -OCH3 is 1. The summed E-state index contributed by atoms with van der Waals surface area (Å²) in [6.45, 7) is 0.260. The Bertz CT molecular complexity index is 1400. The van der Waals surface area contributed by atoms with Crippen LogP contribution in [0.5, 0.6) is 11.5 Å². The first kappa shape index (κ1) is 27.1. The molecule has 3 amide bonds. The van der Waals surface area contributed by atoms with E-state index in [1.807, 2.05) is 12.1 Å².